The first-order valence-corrected chi connectivity index (χ1v) is 10.4. The maximum atomic E-state index is 13.1. The van der Waals surface area contributed by atoms with Crippen molar-refractivity contribution in [2.24, 2.45) is 0 Å². The Morgan fingerprint density at radius 2 is 1.88 bits per heavy atom. The van der Waals surface area contributed by atoms with Crippen molar-refractivity contribution in [1.82, 2.24) is 0 Å². The number of fused-ring (bicyclic) bond motifs is 3. The van der Waals surface area contributed by atoms with Gasteiger partial charge in [0.1, 0.15) is 16.9 Å². The molecular formula is C24H20F3NO4. The van der Waals surface area contributed by atoms with Crippen LogP contribution >= 0.6 is 0 Å². The van der Waals surface area contributed by atoms with Crippen molar-refractivity contribution in [1.29, 1.82) is 0 Å². The Hall–Kier alpha value is -3.29. The van der Waals surface area contributed by atoms with Crippen molar-refractivity contribution in [3.63, 3.8) is 0 Å². The largest absolute Gasteiger partial charge is 0.486 e. The number of amides is 1. The number of benzene rings is 2. The minimum Gasteiger partial charge on any atom is -0.486 e. The number of aryl methyl sites for hydroxylation is 1. The third-order valence-electron chi connectivity index (χ3n) is 6.31. The summed E-state index contributed by atoms with van der Waals surface area (Å²) in [7, 11) is 0. The summed E-state index contributed by atoms with van der Waals surface area (Å²) in [5, 5.41) is 2.96. The molecule has 1 aliphatic carbocycles. The molecule has 2 aromatic carbocycles. The average Bonchev–Trinajstić information content (AvgIpc) is 3.32. The molecule has 1 spiro atoms. The van der Waals surface area contributed by atoms with E-state index in [1.807, 2.05) is 0 Å². The number of alkyl halides is 3. The maximum Gasteiger partial charge on any atom is 0.416 e. The number of ketones is 1. The molecule has 1 saturated carbocycles. The van der Waals surface area contributed by atoms with Crippen LogP contribution in [0.15, 0.2) is 40.8 Å². The predicted molar refractivity (Wildman–Crippen MR) is 111 cm³/mol. The molecule has 0 bridgehead atoms. The summed E-state index contributed by atoms with van der Waals surface area (Å²) in [5.41, 5.74) is -0.113. The molecule has 5 nitrogen and oxygen atoms in total. The van der Waals surface area contributed by atoms with Crippen LogP contribution < -0.4 is 10.1 Å². The van der Waals surface area contributed by atoms with E-state index in [0.29, 0.717) is 27.8 Å². The van der Waals surface area contributed by atoms with Gasteiger partial charge in [0.25, 0.3) is 5.91 Å². The molecule has 0 atom stereocenters. The minimum absolute atomic E-state index is 0.00528. The van der Waals surface area contributed by atoms with Crippen LogP contribution in [-0.4, -0.2) is 17.3 Å². The second-order valence-corrected chi connectivity index (χ2v) is 8.49. The fourth-order valence-corrected chi connectivity index (χ4v) is 4.81. The van der Waals surface area contributed by atoms with Gasteiger partial charge in [-0.3, -0.25) is 9.59 Å². The van der Waals surface area contributed by atoms with Gasteiger partial charge in [0.15, 0.2) is 11.5 Å². The molecule has 0 unspecified atom stereocenters. The molecule has 1 aromatic heterocycles. The van der Waals surface area contributed by atoms with Gasteiger partial charge < -0.3 is 14.5 Å². The lowest BCUT2D eigenvalue weighted by molar-refractivity contribution is -0.137. The van der Waals surface area contributed by atoms with Crippen LogP contribution in [0.25, 0.3) is 11.0 Å². The Bertz CT molecular complexity index is 1250. The summed E-state index contributed by atoms with van der Waals surface area (Å²) >= 11 is 0. The highest BCUT2D eigenvalue weighted by Crippen LogP contribution is 2.46. The lowest BCUT2D eigenvalue weighted by Gasteiger charge is -2.34. The van der Waals surface area contributed by atoms with Crippen LogP contribution in [0.2, 0.25) is 0 Å². The molecule has 1 aliphatic heterocycles. The number of carbonyl (C=O) groups is 2. The number of rotatable bonds is 2. The van der Waals surface area contributed by atoms with E-state index in [0.717, 1.165) is 37.8 Å². The van der Waals surface area contributed by atoms with Gasteiger partial charge >= 0.3 is 6.18 Å². The number of hydrogen-bond donors (Lipinski definition) is 1. The second kappa shape index (κ2) is 7.12. The van der Waals surface area contributed by atoms with Crippen LogP contribution in [0, 0.1) is 6.92 Å². The van der Waals surface area contributed by atoms with Crippen molar-refractivity contribution in [3.05, 3.63) is 58.8 Å². The van der Waals surface area contributed by atoms with Crippen molar-refractivity contribution in [2.45, 2.75) is 50.8 Å². The number of nitrogens with one attached hydrogen (secondary N) is 1. The molecule has 1 fully saturated rings. The first-order chi connectivity index (χ1) is 15.2. The van der Waals surface area contributed by atoms with Gasteiger partial charge in [0.2, 0.25) is 0 Å². The van der Waals surface area contributed by atoms with E-state index in [1.54, 1.807) is 19.1 Å². The monoisotopic (exact) mass is 443 g/mol. The summed E-state index contributed by atoms with van der Waals surface area (Å²) in [5.74, 6) is -0.306. The number of ether oxygens (including phenoxy) is 1. The van der Waals surface area contributed by atoms with Crippen molar-refractivity contribution < 1.29 is 31.9 Å². The molecule has 166 valence electrons. The fraction of sp³-hybridized carbons (Fsp3) is 0.333. The van der Waals surface area contributed by atoms with Gasteiger partial charge in [-0.15, -0.1) is 0 Å². The minimum atomic E-state index is -4.52. The molecule has 2 heterocycles. The third-order valence-corrected chi connectivity index (χ3v) is 6.31. The highest BCUT2D eigenvalue weighted by molar-refractivity contribution is 6.14. The topological polar surface area (TPSA) is 68.5 Å². The molecule has 5 rings (SSSR count). The molecule has 32 heavy (non-hydrogen) atoms. The average molecular weight is 443 g/mol. The molecule has 2 aliphatic rings. The molecule has 1 amide bonds. The van der Waals surface area contributed by atoms with Gasteiger partial charge in [0.05, 0.1) is 17.5 Å². The van der Waals surface area contributed by atoms with E-state index in [4.69, 9.17) is 9.15 Å². The first kappa shape index (κ1) is 20.6. The smallest absolute Gasteiger partial charge is 0.416 e. The fourth-order valence-electron chi connectivity index (χ4n) is 4.81. The van der Waals surface area contributed by atoms with E-state index in [-0.39, 0.29) is 23.7 Å². The summed E-state index contributed by atoms with van der Waals surface area (Å²) < 4.78 is 50.9. The van der Waals surface area contributed by atoms with Crippen LogP contribution in [0.3, 0.4) is 0 Å². The molecule has 0 saturated heterocycles. The van der Waals surface area contributed by atoms with Crippen molar-refractivity contribution in [2.75, 3.05) is 5.32 Å². The van der Waals surface area contributed by atoms with Crippen LogP contribution in [0.4, 0.5) is 18.9 Å². The van der Waals surface area contributed by atoms with Crippen LogP contribution in [-0.2, 0) is 6.18 Å². The number of hydrogen-bond acceptors (Lipinski definition) is 4. The van der Waals surface area contributed by atoms with Crippen molar-refractivity contribution >= 4 is 28.3 Å². The second-order valence-electron chi connectivity index (χ2n) is 8.49. The number of halogens is 3. The Morgan fingerprint density at radius 3 is 2.59 bits per heavy atom. The van der Waals surface area contributed by atoms with Gasteiger partial charge in [-0.05, 0) is 62.9 Å². The van der Waals surface area contributed by atoms with Gasteiger partial charge in [-0.25, -0.2) is 0 Å². The summed E-state index contributed by atoms with van der Waals surface area (Å²) in [4.78, 5) is 25.9. The molecular weight excluding hydrogens is 423 g/mol. The van der Waals surface area contributed by atoms with E-state index in [1.165, 1.54) is 12.1 Å². The molecule has 1 N–H and O–H groups in total. The van der Waals surface area contributed by atoms with E-state index in [2.05, 4.69) is 5.32 Å². The highest BCUT2D eigenvalue weighted by atomic mass is 19.4. The van der Waals surface area contributed by atoms with Crippen LogP contribution in [0.1, 0.15) is 64.1 Å². The summed E-state index contributed by atoms with van der Waals surface area (Å²) in [6.45, 7) is 1.65. The zero-order chi connectivity index (χ0) is 22.7. The number of anilines is 1. The zero-order valence-electron chi connectivity index (χ0n) is 17.3. The van der Waals surface area contributed by atoms with Crippen molar-refractivity contribution in [3.8, 4) is 5.75 Å². The standard InChI is InChI=1S/C24H20F3NO4/c1-13-19-17(7-8-18-20(19)16(29)12-23(32-18)9-2-3-10-23)31-21(13)22(30)28-15-6-4-5-14(11-15)24(25,26)27/h4-8,11H,2-3,9-10,12H2,1H3,(H,28,30). The van der Waals surface area contributed by atoms with E-state index >= 15 is 0 Å². The molecule has 0 radical (unpaired) electrons. The van der Waals surface area contributed by atoms with E-state index < -0.39 is 23.2 Å². The normalized spacial score (nSPS) is 17.4. The lowest BCUT2D eigenvalue weighted by atomic mass is 9.87. The predicted octanol–water partition coefficient (Wildman–Crippen LogP) is 6.29. The lowest BCUT2D eigenvalue weighted by Crippen LogP contribution is -2.39. The highest BCUT2D eigenvalue weighted by Gasteiger charge is 2.44. The Morgan fingerprint density at radius 1 is 1.12 bits per heavy atom. The first-order valence-electron chi connectivity index (χ1n) is 10.4. The van der Waals surface area contributed by atoms with Gasteiger partial charge in [-0.1, -0.05) is 6.07 Å². The summed E-state index contributed by atoms with van der Waals surface area (Å²) in [6.07, 6.45) is -0.511. The van der Waals surface area contributed by atoms with E-state index in [9.17, 15) is 22.8 Å². The van der Waals surface area contributed by atoms with Gasteiger partial charge in [0, 0.05) is 16.6 Å². The van der Waals surface area contributed by atoms with Gasteiger partial charge in [-0.2, -0.15) is 13.2 Å². The Balaban J connectivity index is 1.50. The Labute approximate surface area is 181 Å². The third kappa shape index (κ3) is 3.34. The quantitative estimate of drug-likeness (QED) is 0.505. The Kier molecular flexibility index (Phi) is 4.58. The molecule has 8 heteroatoms. The zero-order valence-corrected chi connectivity index (χ0v) is 17.3. The number of furan rings is 1. The number of carbonyl (C=O) groups excluding carboxylic acids is 2. The summed E-state index contributed by atoms with van der Waals surface area (Å²) in [6, 6.07) is 7.71. The van der Waals surface area contributed by atoms with Crippen LogP contribution in [0.5, 0.6) is 5.75 Å². The molecule has 3 aromatic rings. The number of Topliss-reactive ketones (excluding diaryl/α,β-unsaturated/α-hetero) is 1. The maximum absolute atomic E-state index is 13.1. The SMILES string of the molecule is Cc1c(C(=O)Nc2cccc(C(F)(F)F)c2)oc2ccc3c(c12)C(=O)CC1(CCCC1)O3.